The molecule has 0 aliphatic rings. The molecular formula is C21H25F3N2O6. The lowest BCUT2D eigenvalue weighted by molar-refractivity contribution is -0.152. The van der Waals surface area contributed by atoms with Gasteiger partial charge in [0, 0.05) is 0 Å². The zero-order valence-corrected chi connectivity index (χ0v) is 17.2. The number of benzene rings is 1. The molecule has 0 radical (unpaired) electrons. The quantitative estimate of drug-likeness (QED) is 0.305. The van der Waals surface area contributed by atoms with Crippen LogP contribution in [0.4, 0.5) is 13.2 Å². The Morgan fingerprint density at radius 1 is 1.03 bits per heavy atom. The summed E-state index contributed by atoms with van der Waals surface area (Å²) in [5, 5.41) is 13.7. The lowest BCUT2D eigenvalue weighted by atomic mass is 10.0. The third kappa shape index (κ3) is 10.6. The van der Waals surface area contributed by atoms with Gasteiger partial charge in [-0.2, -0.15) is 13.2 Å². The van der Waals surface area contributed by atoms with Gasteiger partial charge in [0.05, 0.1) is 19.0 Å². The molecular weight excluding hydrogens is 433 g/mol. The van der Waals surface area contributed by atoms with E-state index in [4.69, 9.17) is 9.47 Å². The Hall–Kier alpha value is -3.34. The third-order valence-corrected chi connectivity index (χ3v) is 3.92. The zero-order chi connectivity index (χ0) is 24.1. The SMILES string of the molecule is C=CCOC(=O)C[C@H](NC(=O)[C@H](Cc1ccc(O)cc1)NCC(F)(F)F)C(=O)OCC=C. The van der Waals surface area contributed by atoms with Crippen LogP contribution in [0.2, 0.25) is 0 Å². The van der Waals surface area contributed by atoms with Gasteiger partial charge in [0.1, 0.15) is 25.0 Å². The van der Waals surface area contributed by atoms with Crippen LogP contribution in [0.3, 0.4) is 0 Å². The van der Waals surface area contributed by atoms with E-state index in [1.165, 1.54) is 36.4 Å². The Kier molecular flexibility index (Phi) is 11.0. The standard InChI is InChI=1S/C21H25F3N2O6/c1-3-9-31-18(28)12-17(20(30)32-10-4-2)26-19(29)16(25-13-21(22,23)24)11-14-5-7-15(27)8-6-14/h3-8,16-17,25,27H,1-2,9-13H2,(H,26,29)/t16-,17-/m0/s1. The minimum Gasteiger partial charge on any atom is -0.508 e. The minimum atomic E-state index is -4.59. The maximum Gasteiger partial charge on any atom is 0.401 e. The normalized spacial score (nSPS) is 12.8. The summed E-state index contributed by atoms with van der Waals surface area (Å²) in [6.07, 6.45) is -2.80. The zero-order valence-electron chi connectivity index (χ0n) is 17.2. The first-order chi connectivity index (χ1) is 15.1. The lowest BCUT2D eigenvalue weighted by Gasteiger charge is -2.23. The van der Waals surface area contributed by atoms with E-state index in [1.807, 2.05) is 0 Å². The number of alkyl halides is 3. The van der Waals surface area contributed by atoms with Crippen molar-refractivity contribution < 1.29 is 42.1 Å². The Balaban J connectivity index is 2.99. The number of nitrogens with one attached hydrogen (secondary N) is 2. The van der Waals surface area contributed by atoms with Crippen LogP contribution in [0, 0.1) is 0 Å². The highest BCUT2D eigenvalue weighted by molar-refractivity contribution is 5.90. The molecule has 32 heavy (non-hydrogen) atoms. The second-order valence-corrected chi connectivity index (χ2v) is 6.57. The van der Waals surface area contributed by atoms with Gasteiger partial charge in [0.2, 0.25) is 5.91 Å². The van der Waals surface area contributed by atoms with Crippen molar-refractivity contribution in [1.82, 2.24) is 10.6 Å². The molecule has 0 aliphatic carbocycles. The van der Waals surface area contributed by atoms with Gasteiger partial charge in [-0.15, -0.1) is 0 Å². The van der Waals surface area contributed by atoms with Gasteiger partial charge in [0.15, 0.2) is 0 Å². The molecule has 0 saturated carbocycles. The second kappa shape index (κ2) is 13.2. The van der Waals surface area contributed by atoms with E-state index < -0.39 is 49.1 Å². The van der Waals surface area contributed by atoms with Gasteiger partial charge in [-0.1, -0.05) is 37.4 Å². The molecule has 176 valence electrons. The van der Waals surface area contributed by atoms with Crippen LogP contribution in [-0.2, 0) is 30.3 Å². The molecule has 0 heterocycles. The number of amides is 1. The second-order valence-electron chi connectivity index (χ2n) is 6.57. The van der Waals surface area contributed by atoms with Gasteiger partial charge in [0.25, 0.3) is 0 Å². The summed E-state index contributed by atoms with van der Waals surface area (Å²) in [5.41, 5.74) is 0.453. The largest absolute Gasteiger partial charge is 0.508 e. The van der Waals surface area contributed by atoms with Crippen molar-refractivity contribution >= 4 is 17.8 Å². The fourth-order valence-corrected chi connectivity index (χ4v) is 2.45. The van der Waals surface area contributed by atoms with Crippen molar-refractivity contribution in [1.29, 1.82) is 0 Å². The number of halogens is 3. The molecule has 1 aromatic carbocycles. The van der Waals surface area contributed by atoms with Crippen LogP contribution in [0.5, 0.6) is 5.75 Å². The Morgan fingerprint density at radius 2 is 1.62 bits per heavy atom. The smallest absolute Gasteiger partial charge is 0.401 e. The number of phenols is 1. The molecule has 2 atom stereocenters. The number of hydrogen-bond donors (Lipinski definition) is 3. The summed E-state index contributed by atoms with van der Waals surface area (Å²) in [6, 6.07) is 2.62. The molecule has 0 saturated heterocycles. The Bertz CT molecular complexity index is 796. The van der Waals surface area contributed by atoms with Crippen LogP contribution in [0.1, 0.15) is 12.0 Å². The third-order valence-electron chi connectivity index (χ3n) is 3.92. The molecule has 0 aromatic heterocycles. The van der Waals surface area contributed by atoms with Gasteiger partial charge in [-0.05, 0) is 24.1 Å². The number of hydrogen-bond acceptors (Lipinski definition) is 7. The molecule has 3 N–H and O–H groups in total. The number of rotatable bonds is 13. The molecule has 1 rings (SSSR count). The van der Waals surface area contributed by atoms with Gasteiger partial charge >= 0.3 is 18.1 Å². The first-order valence-electron chi connectivity index (χ1n) is 9.48. The number of ether oxygens (including phenoxy) is 2. The van der Waals surface area contributed by atoms with Crippen LogP contribution < -0.4 is 10.6 Å². The van der Waals surface area contributed by atoms with Gasteiger partial charge in [-0.25, -0.2) is 4.79 Å². The Labute approximate surface area is 183 Å². The van der Waals surface area contributed by atoms with E-state index in [0.717, 1.165) is 0 Å². The maximum absolute atomic E-state index is 12.7. The fraction of sp³-hybridized carbons (Fsp3) is 0.381. The van der Waals surface area contributed by atoms with Crippen molar-refractivity contribution in [3.63, 3.8) is 0 Å². The van der Waals surface area contributed by atoms with Crippen LogP contribution >= 0.6 is 0 Å². The highest BCUT2D eigenvalue weighted by Gasteiger charge is 2.33. The molecule has 0 bridgehead atoms. The van der Waals surface area contributed by atoms with E-state index in [9.17, 15) is 32.7 Å². The van der Waals surface area contributed by atoms with Crippen LogP contribution in [0.15, 0.2) is 49.6 Å². The van der Waals surface area contributed by atoms with E-state index in [1.54, 1.807) is 0 Å². The van der Waals surface area contributed by atoms with Gasteiger partial charge < -0.3 is 19.9 Å². The Morgan fingerprint density at radius 3 is 2.19 bits per heavy atom. The fourth-order valence-electron chi connectivity index (χ4n) is 2.45. The number of carbonyl (C=O) groups excluding carboxylic acids is 3. The summed E-state index contributed by atoms with van der Waals surface area (Å²) in [6.45, 7) is 4.97. The van der Waals surface area contributed by atoms with E-state index in [0.29, 0.717) is 5.56 Å². The first kappa shape index (κ1) is 26.7. The van der Waals surface area contributed by atoms with Crippen LogP contribution in [-0.4, -0.2) is 61.0 Å². The first-order valence-corrected chi connectivity index (χ1v) is 9.48. The molecule has 0 aliphatic heterocycles. The molecule has 1 aromatic rings. The average Bonchev–Trinajstić information content (AvgIpc) is 2.73. The number of carbonyl (C=O) groups is 3. The summed E-state index contributed by atoms with van der Waals surface area (Å²) >= 11 is 0. The lowest BCUT2D eigenvalue weighted by Crippen LogP contribution is -2.53. The van der Waals surface area contributed by atoms with E-state index in [-0.39, 0.29) is 25.4 Å². The summed E-state index contributed by atoms with van der Waals surface area (Å²) in [5.74, 6) is -2.84. The predicted octanol–water partition coefficient (Wildman–Crippen LogP) is 1.79. The van der Waals surface area contributed by atoms with Crippen molar-refractivity contribution in [2.24, 2.45) is 0 Å². The molecule has 1 amide bonds. The maximum atomic E-state index is 12.7. The monoisotopic (exact) mass is 458 g/mol. The van der Waals surface area contributed by atoms with Crippen LogP contribution in [0.25, 0.3) is 0 Å². The van der Waals surface area contributed by atoms with Crippen molar-refractivity contribution in [2.45, 2.75) is 31.1 Å². The average molecular weight is 458 g/mol. The number of esters is 2. The molecule has 11 heteroatoms. The van der Waals surface area contributed by atoms with Gasteiger partial charge in [-0.3, -0.25) is 14.9 Å². The van der Waals surface area contributed by atoms with Crippen molar-refractivity contribution in [2.75, 3.05) is 19.8 Å². The summed E-state index contributed by atoms with van der Waals surface area (Å²) in [4.78, 5) is 36.9. The summed E-state index contributed by atoms with van der Waals surface area (Å²) < 4.78 is 47.8. The van der Waals surface area contributed by atoms with Crippen molar-refractivity contribution in [3.05, 3.63) is 55.1 Å². The molecule has 0 unspecified atom stereocenters. The predicted molar refractivity (Wildman–Crippen MR) is 109 cm³/mol. The highest BCUT2D eigenvalue weighted by Crippen LogP contribution is 2.15. The number of aromatic hydroxyl groups is 1. The van der Waals surface area contributed by atoms with Crippen molar-refractivity contribution in [3.8, 4) is 5.75 Å². The molecule has 0 fully saturated rings. The highest BCUT2D eigenvalue weighted by atomic mass is 19.4. The topological polar surface area (TPSA) is 114 Å². The van der Waals surface area contributed by atoms with E-state index in [2.05, 4.69) is 23.8 Å². The molecule has 0 spiro atoms. The van der Waals surface area contributed by atoms with E-state index >= 15 is 0 Å². The molecule has 8 nitrogen and oxygen atoms in total. The minimum absolute atomic E-state index is 0.0546. The summed E-state index contributed by atoms with van der Waals surface area (Å²) in [7, 11) is 0. The number of phenolic OH excluding ortho intramolecular Hbond substituents is 1.